The van der Waals surface area contributed by atoms with Crippen molar-refractivity contribution in [2.75, 3.05) is 51.0 Å². The second kappa shape index (κ2) is 11.3. The molecule has 2 aromatic heterocycles. The molecule has 1 aliphatic heterocycles. The fourth-order valence-electron chi connectivity index (χ4n) is 3.92. The van der Waals surface area contributed by atoms with Crippen molar-refractivity contribution < 1.29 is 23.5 Å². The first-order valence-electron chi connectivity index (χ1n) is 11.1. The summed E-state index contributed by atoms with van der Waals surface area (Å²) in [5.74, 6) is 1.59. The minimum atomic E-state index is -0.614. The van der Waals surface area contributed by atoms with Crippen LogP contribution in [-0.2, 0) is 22.6 Å². The highest BCUT2D eigenvalue weighted by Gasteiger charge is 2.26. The van der Waals surface area contributed by atoms with Crippen molar-refractivity contribution in [3.8, 4) is 11.3 Å². The maximum Gasteiger partial charge on any atom is 0.232 e. The van der Waals surface area contributed by atoms with Crippen molar-refractivity contribution in [3.63, 3.8) is 0 Å². The normalized spacial score (nSPS) is 15.4. The molecule has 0 radical (unpaired) electrons. The second-order valence-corrected chi connectivity index (χ2v) is 7.84. The maximum absolute atomic E-state index is 10.5. The van der Waals surface area contributed by atoms with Crippen LogP contribution in [0.3, 0.4) is 0 Å². The van der Waals surface area contributed by atoms with Gasteiger partial charge in [-0.05, 0) is 19.1 Å². The molecular weight excluding hydrogens is 410 g/mol. The summed E-state index contributed by atoms with van der Waals surface area (Å²) in [6.45, 7) is 7.13. The molecular formula is C24H31N3O5. The predicted molar refractivity (Wildman–Crippen MR) is 120 cm³/mol. The molecule has 0 unspecified atom stereocenters. The third-order valence-corrected chi connectivity index (χ3v) is 5.44. The van der Waals surface area contributed by atoms with Gasteiger partial charge in [-0.1, -0.05) is 35.5 Å². The van der Waals surface area contributed by atoms with Gasteiger partial charge >= 0.3 is 0 Å². The number of aromatic nitrogens is 1. The zero-order valence-corrected chi connectivity index (χ0v) is 18.5. The van der Waals surface area contributed by atoms with Gasteiger partial charge in [0.2, 0.25) is 5.88 Å². The summed E-state index contributed by atoms with van der Waals surface area (Å²) in [5, 5.41) is 15.0. The SMILES string of the molecule is CCOC[C@@H](O)CN(Cc1ccco1)Cc1c(-c2ccccc2)noc1N1CCOCC1. The third-order valence-electron chi connectivity index (χ3n) is 5.44. The Morgan fingerprint density at radius 1 is 1.12 bits per heavy atom. The largest absolute Gasteiger partial charge is 0.468 e. The number of benzene rings is 1. The van der Waals surface area contributed by atoms with Crippen molar-refractivity contribution in [2.45, 2.75) is 26.1 Å². The molecule has 0 saturated carbocycles. The standard InChI is InChI=1S/C24H31N3O5/c1-2-29-18-20(28)15-26(16-21-9-6-12-31-21)17-22-23(19-7-4-3-5-8-19)25-32-24(22)27-10-13-30-14-11-27/h3-9,12,20,28H,2,10-11,13-18H2,1H3/t20-/m0/s1. The smallest absolute Gasteiger partial charge is 0.232 e. The fraction of sp³-hybridized carbons (Fsp3) is 0.458. The Bertz CT molecular complexity index is 923. The lowest BCUT2D eigenvalue weighted by Gasteiger charge is -2.29. The summed E-state index contributed by atoms with van der Waals surface area (Å²) < 4.78 is 22.4. The van der Waals surface area contributed by atoms with Crippen molar-refractivity contribution in [2.24, 2.45) is 0 Å². The van der Waals surface area contributed by atoms with Gasteiger partial charge in [0.05, 0.1) is 44.3 Å². The van der Waals surface area contributed by atoms with Crippen molar-refractivity contribution in [1.29, 1.82) is 0 Å². The zero-order chi connectivity index (χ0) is 22.2. The molecule has 0 spiro atoms. The van der Waals surface area contributed by atoms with Gasteiger partial charge in [0.1, 0.15) is 11.5 Å². The molecule has 32 heavy (non-hydrogen) atoms. The number of ether oxygens (including phenoxy) is 2. The Morgan fingerprint density at radius 3 is 2.66 bits per heavy atom. The summed E-state index contributed by atoms with van der Waals surface area (Å²) in [6, 6.07) is 13.9. The molecule has 1 N–H and O–H groups in total. The molecule has 1 fully saturated rings. The van der Waals surface area contributed by atoms with E-state index in [-0.39, 0.29) is 6.61 Å². The van der Waals surface area contributed by atoms with Crippen molar-refractivity contribution in [3.05, 3.63) is 60.1 Å². The highest BCUT2D eigenvalue weighted by molar-refractivity contribution is 5.68. The molecule has 0 bridgehead atoms. The summed E-state index contributed by atoms with van der Waals surface area (Å²) >= 11 is 0. The van der Waals surface area contributed by atoms with E-state index in [2.05, 4.69) is 15.0 Å². The number of anilines is 1. The number of aliphatic hydroxyl groups excluding tert-OH is 1. The first-order chi connectivity index (χ1) is 15.7. The number of furan rings is 1. The van der Waals surface area contributed by atoms with Gasteiger partial charge in [-0.3, -0.25) is 4.90 Å². The minimum Gasteiger partial charge on any atom is -0.468 e. The fourth-order valence-corrected chi connectivity index (χ4v) is 3.92. The lowest BCUT2D eigenvalue weighted by atomic mass is 10.1. The Morgan fingerprint density at radius 2 is 1.94 bits per heavy atom. The van der Waals surface area contributed by atoms with Crippen LogP contribution in [0.1, 0.15) is 18.2 Å². The third kappa shape index (κ3) is 5.77. The highest BCUT2D eigenvalue weighted by Crippen LogP contribution is 2.33. The molecule has 8 nitrogen and oxygen atoms in total. The molecule has 1 aliphatic rings. The highest BCUT2D eigenvalue weighted by atomic mass is 16.5. The van der Waals surface area contributed by atoms with Gasteiger partial charge in [0.15, 0.2) is 0 Å². The van der Waals surface area contributed by atoms with Crippen molar-refractivity contribution >= 4 is 5.88 Å². The average molecular weight is 442 g/mol. The van der Waals surface area contributed by atoms with Crippen LogP contribution in [0.5, 0.6) is 0 Å². The first-order valence-corrected chi connectivity index (χ1v) is 11.1. The van der Waals surface area contributed by atoms with Crippen LogP contribution >= 0.6 is 0 Å². The summed E-state index contributed by atoms with van der Waals surface area (Å²) in [5.41, 5.74) is 2.81. The first kappa shape index (κ1) is 22.5. The van der Waals surface area contributed by atoms with Gasteiger partial charge in [0, 0.05) is 38.3 Å². The van der Waals surface area contributed by atoms with E-state index in [1.165, 1.54) is 0 Å². The molecule has 0 aliphatic carbocycles. The van der Waals surface area contributed by atoms with Crippen LogP contribution in [0.15, 0.2) is 57.7 Å². The van der Waals surface area contributed by atoms with Gasteiger partial charge in [0.25, 0.3) is 0 Å². The van der Waals surface area contributed by atoms with Crippen LogP contribution < -0.4 is 4.90 Å². The monoisotopic (exact) mass is 441 g/mol. The molecule has 1 aromatic carbocycles. The molecule has 1 saturated heterocycles. The molecule has 1 atom stereocenters. The number of hydrogen-bond acceptors (Lipinski definition) is 8. The van der Waals surface area contributed by atoms with Crippen LogP contribution in [-0.4, -0.2) is 67.3 Å². The van der Waals surface area contributed by atoms with E-state index in [0.717, 1.165) is 41.6 Å². The maximum atomic E-state index is 10.5. The van der Waals surface area contributed by atoms with E-state index in [1.807, 2.05) is 49.4 Å². The lowest BCUT2D eigenvalue weighted by Crippen LogP contribution is -2.38. The lowest BCUT2D eigenvalue weighted by molar-refractivity contribution is 0.0168. The number of rotatable bonds is 11. The molecule has 3 aromatic rings. The summed E-state index contributed by atoms with van der Waals surface area (Å²) in [7, 11) is 0. The van der Waals surface area contributed by atoms with Gasteiger partial charge in [-0.25, -0.2) is 0 Å². The van der Waals surface area contributed by atoms with E-state index in [0.29, 0.717) is 39.5 Å². The van der Waals surface area contributed by atoms with Crippen LogP contribution in [0.2, 0.25) is 0 Å². The number of hydrogen-bond donors (Lipinski definition) is 1. The molecule has 172 valence electrons. The summed E-state index contributed by atoms with van der Waals surface area (Å²) in [6.07, 6.45) is 1.05. The molecule has 4 rings (SSSR count). The Hall–Kier alpha value is -2.65. The van der Waals surface area contributed by atoms with Crippen LogP contribution in [0, 0.1) is 0 Å². The van der Waals surface area contributed by atoms with Crippen LogP contribution in [0.25, 0.3) is 11.3 Å². The minimum absolute atomic E-state index is 0.288. The quantitative estimate of drug-likeness (QED) is 0.486. The Balaban J connectivity index is 1.63. The molecule has 3 heterocycles. The number of morpholine rings is 1. The second-order valence-electron chi connectivity index (χ2n) is 7.84. The number of aliphatic hydroxyl groups is 1. The molecule has 8 heteroatoms. The summed E-state index contributed by atoms with van der Waals surface area (Å²) in [4.78, 5) is 4.32. The van der Waals surface area contributed by atoms with Gasteiger partial charge in [-0.2, -0.15) is 0 Å². The van der Waals surface area contributed by atoms with E-state index < -0.39 is 6.10 Å². The topological polar surface area (TPSA) is 84.3 Å². The van der Waals surface area contributed by atoms with E-state index >= 15 is 0 Å². The van der Waals surface area contributed by atoms with Crippen molar-refractivity contribution in [1.82, 2.24) is 10.1 Å². The predicted octanol–water partition coefficient (Wildman–Crippen LogP) is 3.17. The zero-order valence-electron chi connectivity index (χ0n) is 18.5. The Labute approximate surface area is 188 Å². The molecule has 0 amide bonds. The van der Waals surface area contributed by atoms with Crippen LogP contribution in [0.4, 0.5) is 5.88 Å². The van der Waals surface area contributed by atoms with E-state index in [9.17, 15) is 5.11 Å². The van der Waals surface area contributed by atoms with Gasteiger partial charge < -0.3 is 28.4 Å². The number of nitrogens with zero attached hydrogens (tertiary/aromatic N) is 3. The van der Waals surface area contributed by atoms with E-state index in [1.54, 1.807) is 6.26 Å². The average Bonchev–Trinajstić information content (AvgIpc) is 3.49. The van der Waals surface area contributed by atoms with E-state index in [4.69, 9.17) is 18.4 Å². The van der Waals surface area contributed by atoms with Gasteiger partial charge in [-0.15, -0.1) is 0 Å². The Kier molecular flexibility index (Phi) is 7.95.